The second-order valence-corrected chi connectivity index (χ2v) is 7.66. The number of nitrogens with zero attached hydrogens (tertiary/aromatic N) is 3. The van der Waals surface area contributed by atoms with Crippen molar-refractivity contribution in [2.75, 3.05) is 32.8 Å². The number of hydrogen-bond donors (Lipinski definition) is 1. The molecular formula is C21H27ClFN4O+. The molecule has 0 aliphatic rings. The van der Waals surface area contributed by atoms with Gasteiger partial charge in [-0.1, -0.05) is 25.4 Å². The minimum atomic E-state index is -0.496. The van der Waals surface area contributed by atoms with Crippen LogP contribution in [0.3, 0.4) is 0 Å². The van der Waals surface area contributed by atoms with Gasteiger partial charge in [-0.2, -0.15) is 0 Å². The van der Waals surface area contributed by atoms with Gasteiger partial charge in [0.05, 0.1) is 21.7 Å². The summed E-state index contributed by atoms with van der Waals surface area (Å²) in [5.74, 6) is 1.06. The monoisotopic (exact) mass is 405 g/mol. The summed E-state index contributed by atoms with van der Waals surface area (Å²) in [4.78, 5) is 9.54. The summed E-state index contributed by atoms with van der Waals surface area (Å²) in [5.41, 5.74) is 5.11. The highest BCUT2D eigenvalue weighted by Gasteiger charge is 2.21. The van der Waals surface area contributed by atoms with Gasteiger partial charge in [-0.25, -0.2) is 14.4 Å². The van der Waals surface area contributed by atoms with E-state index in [0.717, 1.165) is 33.7 Å². The van der Waals surface area contributed by atoms with Crippen molar-refractivity contribution in [3.05, 3.63) is 40.7 Å². The van der Waals surface area contributed by atoms with Gasteiger partial charge in [0.1, 0.15) is 25.6 Å². The Morgan fingerprint density at radius 2 is 2.04 bits per heavy atom. The number of alkyl halides is 1. The summed E-state index contributed by atoms with van der Waals surface area (Å²) in [6.07, 6.45) is 1.92. The number of hydrogen-bond acceptors (Lipinski definition) is 3. The molecule has 0 aromatic carbocycles. The van der Waals surface area contributed by atoms with Gasteiger partial charge in [0.15, 0.2) is 6.61 Å². The predicted octanol–water partition coefficient (Wildman–Crippen LogP) is 4.89. The zero-order valence-corrected chi connectivity index (χ0v) is 17.7. The lowest BCUT2D eigenvalue weighted by Crippen LogP contribution is -2.17. The molecule has 3 rings (SSSR count). The van der Waals surface area contributed by atoms with E-state index in [2.05, 4.69) is 23.9 Å². The number of fused-ring (bicyclic) bond motifs is 1. The van der Waals surface area contributed by atoms with Crippen molar-refractivity contribution in [2.24, 2.45) is 0 Å². The van der Waals surface area contributed by atoms with Gasteiger partial charge in [0, 0.05) is 24.5 Å². The fourth-order valence-corrected chi connectivity index (χ4v) is 3.64. The van der Waals surface area contributed by atoms with Crippen LogP contribution in [0, 0.1) is 6.92 Å². The number of halogens is 2. The second kappa shape index (κ2) is 8.45. The maximum atomic E-state index is 13.6. The first kappa shape index (κ1) is 20.6. The highest BCUT2D eigenvalue weighted by atomic mass is 35.5. The number of aryl methyl sites for hydroxylation is 1. The third-order valence-electron chi connectivity index (χ3n) is 4.91. The Labute approximate surface area is 169 Å². The van der Waals surface area contributed by atoms with Crippen LogP contribution in [0.4, 0.5) is 10.2 Å². The van der Waals surface area contributed by atoms with E-state index in [1.807, 2.05) is 42.9 Å². The van der Waals surface area contributed by atoms with E-state index >= 15 is 0 Å². The molecule has 0 bridgehead atoms. The van der Waals surface area contributed by atoms with Crippen LogP contribution in [0.5, 0.6) is 0 Å². The third kappa shape index (κ3) is 3.71. The average molecular weight is 406 g/mol. The predicted molar refractivity (Wildman–Crippen MR) is 114 cm³/mol. The highest BCUT2D eigenvalue weighted by Crippen LogP contribution is 2.36. The molecule has 28 heavy (non-hydrogen) atoms. The molecular weight excluding hydrogens is 379 g/mol. The number of ether oxygens (including phenoxy) is 1. The Balaban J connectivity index is 2.17. The molecule has 0 aliphatic heterocycles. The van der Waals surface area contributed by atoms with Gasteiger partial charge in [0.2, 0.25) is 0 Å². The molecule has 0 radical (unpaired) electrons. The van der Waals surface area contributed by atoms with Crippen LogP contribution in [-0.4, -0.2) is 46.7 Å². The SMILES string of the molecule is CNc1nc(C(C)C)ccc1-c1nc2c(C)cn([C@@H](CF)C[OH+]C)c2cc1Cl. The maximum Gasteiger partial charge on any atom is 0.168 e. The third-order valence-corrected chi connectivity index (χ3v) is 5.19. The molecule has 0 unspecified atom stereocenters. The van der Waals surface area contributed by atoms with E-state index in [-0.39, 0.29) is 6.04 Å². The van der Waals surface area contributed by atoms with E-state index in [1.165, 1.54) is 0 Å². The summed E-state index contributed by atoms with van der Waals surface area (Å²) in [5, 5.41) is 3.66. The molecule has 0 spiro atoms. The minimum Gasteiger partial charge on any atom is -0.434 e. The number of aromatic nitrogens is 3. The average Bonchev–Trinajstić information content (AvgIpc) is 3.00. The van der Waals surface area contributed by atoms with Crippen LogP contribution in [0.1, 0.15) is 37.1 Å². The Morgan fingerprint density at radius 1 is 1.29 bits per heavy atom. The van der Waals surface area contributed by atoms with Crippen molar-refractivity contribution in [1.82, 2.24) is 14.5 Å². The second-order valence-electron chi connectivity index (χ2n) is 7.25. The van der Waals surface area contributed by atoms with Gasteiger partial charge in [-0.3, -0.25) is 0 Å². The molecule has 7 heteroatoms. The lowest BCUT2D eigenvalue weighted by Gasteiger charge is -2.15. The molecule has 150 valence electrons. The number of rotatable bonds is 7. The smallest absolute Gasteiger partial charge is 0.168 e. The molecule has 1 atom stereocenters. The standard InChI is InChI=1S/C21H26ClFN4O/c1-12(2)17-7-6-15(21(24-4)25-17)20-16(22)8-18-19(26-20)13(3)10-27(18)14(9-23)11-28-5/h6-8,10,12,14H,9,11H2,1-5H3,(H,24,25)/p+1/t14-/m0/s1. The Bertz CT molecular complexity index is 986. The van der Waals surface area contributed by atoms with Gasteiger partial charge < -0.3 is 14.6 Å². The van der Waals surface area contributed by atoms with Gasteiger partial charge in [-0.05, 0) is 36.6 Å². The van der Waals surface area contributed by atoms with Crippen molar-refractivity contribution in [3.8, 4) is 11.3 Å². The van der Waals surface area contributed by atoms with Crippen molar-refractivity contribution in [2.45, 2.75) is 32.7 Å². The van der Waals surface area contributed by atoms with Crippen molar-refractivity contribution < 1.29 is 9.13 Å². The summed E-state index contributed by atoms with van der Waals surface area (Å²) in [6.45, 7) is 6.10. The largest absolute Gasteiger partial charge is 0.434 e. The van der Waals surface area contributed by atoms with Gasteiger partial charge in [0.25, 0.3) is 0 Å². The molecule has 0 saturated heterocycles. The Morgan fingerprint density at radius 3 is 2.64 bits per heavy atom. The van der Waals surface area contributed by atoms with Gasteiger partial charge >= 0.3 is 0 Å². The number of nitrogens with one attached hydrogen (secondary N) is 1. The molecule has 3 aromatic rings. The quantitative estimate of drug-likeness (QED) is 0.569. The number of anilines is 1. The summed E-state index contributed by atoms with van der Waals surface area (Å²) in [6, 6.07) is 5.51. The topological polar surface area (TPSA) is 55.5 Å². The van der Waals surface area contributed by atoms with E-state index in [1.54, 1.807) is 7.11 Å². The lowest BCUT2D eigenvalue weighted by atomic mass is 10.1. The zero-order chi connectivity index (χ0) is 20.4. The molecule has 5 nitrogen and oxygen atoms in total. The summed E-state index contributed by atoms with van der Waals surface area (Å²) < 4.78 is 19.6. The number of pyridine rings is 2. The van der Waals surface area contributed by atoms with Crippen LogP contribution in [0.15, 0.2) is 24.4 Å². The van der Waals surface area contributed by atoms with Gasteiger partial charge in [-0.15, -0.1) is 0 Å². The van der Waals surface area contributed by atoms with Crippen LogP contribution < -0.4 is 5.32 Å². The van der Waals surface area contributed by atoms with Crippen molar-refractivity contribution in [1.29, 1.82) is 0 Å². The molecule has 3 heterocycles. The highest BCUT2D eigenvalue weighted by molar-refractivity contribution is 6.33. The fraction of sp³-hybridized carbons (Fsp3) is 0.429. The van der Waals surface area contributed by atoms with E-state index in [4.69, 9.17) is 21.6 Å². The van der Waals surface area contributed by atoms with Crippen molar-refractivity contribution >= 4 is 28.5 Å². The van der Waals surface area contributed by atoms with E-state index < -0.39 is 6.67 Å². The number of aliphatic hydroxyl groups is 2. The Hall–Kier alpha value is -2.18. The lowest BCUT2D eigenvalue weighted by molar-refractivity contribution is -0.0120. The fourth-order valence-electron chi connectivity index (χ4n) is 3.40. The van der Waals surface area contributed by atoms with E-state index in [9.17, 15) is 4.39 Å². The molecule has 2 N–H and O–H groups in total. The maximum absolute atomic E-state index is 13.6. The summed E-state index contributed by atoms with van der Waals surface area (Å²) >= 11 is 6.63. The minimum absolute atomic E-state index is 0.324. The Kier molecular flexibility index (Phi) is 6.20. The normalized spacial score (nSPS) is 12.7. The first-order chi connectivity index (χ1) is 13.4. The molecule has 0 fully saturated rings. The first-order valence-corrected chi connectivity index (χ1v) is 9.77. The molecule has 0 aliphatic carbocycles. The van der Waals surface area contributed by atoms with Crippen LogP contribution in [0.2, 0.25) is 5.02 Å². The van der Waals surface area contributed by atoms with E-state index in [0.29, 0.717) is 23.2 Å². The molecule has 0 amide bonds. The first-order valence-electron chi connectivity index (χ1n) is 9.39. The van der Waals surface area contributed by atoms with Crippen LogP contribution in [-0.2, 0) is 0 Å². The zero-order valence-electron chi connectivity index (χ0n) is 16.9. The molecule has 3 aromatic heterocycles. The molecule has 0 saturated carbocycles. The van der Waals surface area contributed by atoms with Crippen LogP contribution >= 0.6 is 11.6 Å². The van der Waals surface area contributed by atoms with Crippen molar-refractivity contribution in [3.63, 3.8) is 0 Å². The van der Waals surface area contributed by atoms with Crippen LogP contribution in [0.25, 0.3) is 22.3 Å². The summed E-state index contributed by atoms with van der Waals surface area (Å²) in [7, 11) is 3.53.